The second-order valence-corrected chi connectivity index (χ2v) is 5.32. The van der Waals surface area contributed by atoms with E-state index in [0.717, 1.165) is 25.0 Å². The minimum absolute atomic E-state index is 0.895. The number of aryl methyl sites for hydroxylation is 1. The van der Waals surface area contributed by atoms with Crippen molar-refractivity contribution in [3.05, 3.63) is 45.9 Å². The van der Waals surface area contributed by atoms with E-state index in [-0.39, 0.29) is 0 Å². The molecule has 0 atom stereocenters. The van der Waals surface area contributed by atoms with E-state index in [9.17, 15) is 0 Å². The van der Waals surface area contributed by atoms with E-state index in [4.69, 9.17) is 0 Å². The van der Waals surface area contributed by atoms with Crippen LogP contribution in [0.4, 0.5) is 0 Å². The van der Waals surface area contributed by atoms with Gasteiger partial charge in [-0.15, -0.1) is 0 Å². The van der Waals surface area contributed by atoms with E-state index in [1.165, 1.54) is 39.4 Å². The van der Waals surface area contributed by atoms with Gasteiger partial charge < -0.3 is 4.98 Å². The summed E-state index contributed by atoms with van der Waals surface area (Å²) >= 11 is 0. The molecule has 102 valence electrons. The average Bonchev–Trinajstić information content (AvgIpc) is 2.78. The molecule has 0 bridgehead atoms. The third kappa shape index (κ3) is 2.32. The summed E-state index contributed by atoms with van der Waals surface area (Å²) in [6.45, 7) is 15.0. The fourth-order valence-corrected chi connectivity index (χ4v) is 2.99. The first kappa shape index (κ1) is 13.9. The highest BCUT2D eigenvalue weighted by molar-refractivity contribution is 6.05. The van der Waals surface area contributed by atoms with Gasteiger partial charge in [0.1, 0.15) is 0 Å². The van der Waals surface area contributed by atoms with Gasteiger partial charge in [-0.1, -0.05) is 20.4 Å². The quantitative estimate of drug-likeness (QED) is 0.825. The van der Waals surface area contributed by atoms with Crippen LogP contribution in [0.3, 0.4) is 0 Å². The zero-order chi connectivity index (χ0) is 14.2. The first-order chi connectivity index (χ1) is 8.99. The maximum absolute atomic E-state index is 4.66. The average molecular weight is 256 g/mol. The highest BCUT2D eigenvalue weighted by Gasteiger charge is 2.20. The van der Waals surface area contributed by atoms with Gasteiger partial charge in [0.15, 0.2) is 0 Å². The summed E-state index contributed by atoms with van der Waals surface area (Å²) in [5, 5.41) is 0. The number of nitrogens with one attached hydrogen (secondary N) is 1. The number of nitrogens with zero attached hydrogens (tertiary/aromatic N) is 1. The van der Waals surface area contributed by atoms with Crippen LogP contribution < -0.4 is 0 Å². The maximum Gasteiger partial charge on any atom is 0.0596 e. The van der Waals surface area contributed by atoms with Crippen molar-refractivity contribution < 1.29 is 0 Å². The Kier molecular flexibility index (Phi) is 3.79. The molecule has 2 heterocycles. The van der Waals surface area contributed by atoms with Crippen LogP contribution >= 0.6 is 0 Å². The van der Waals surface area contributed by atoms with Crippen LogP contribution in [0.1, 0.15) is 49.7 Å². The van der Waals surface area contributed by atoms with Crippen LogP contribution in [0.2, 0.25) is 0 Å². The molecule has 1 aromatic rings. The minimum Gasteiger partial charge on any atom is -0.362 e. The Bertz CT molecular complexity index is 583. The molecule has 2 heteroatoms. The summed E-state index contributed by atoms with van der Waals surface area (Å²) in [5.74, 6) is 0. The normalized spacial score (nSPS) is 15.4. The van der Waals surface area contributed by atoms with Gasteiger partial charge in [0.05, 0.1) is 11.4 Å². The Morgan fingerprint density at radius 2 is 1.79 bits per heavy atom. The number of aliphatic imine (C=N–C) groups is 1. The van der Waals surface area contributed by atoms with E-state index in [2.05, 4.69) is 51.2 Å². The number of aromatic amines is 1. The van der Waals surface area contributed by atoms with Gasteiger partial charge in [-0.05, 0) is 55.9 Å². The van der Waals surface area contributed by atoms with Gasteiger partial charge in [0, 0.05) is 17.8 Å². The van der Waals surface area contributed by atoms with Gasteiger partial charge in [-0.2, -0.15) is 0 Å². The molecule has 1 aliphatic rings. The third-order valence-electron chi connectivity index (χ3n) is 4.27. The standard InChI is InChI=1S/C17H24N2/c1-7-14-11(4)16(19-13(14)6)9-17-15(8-2)10(3)12(5)18-17/h18H,6-9H2,1-5H3. The molecular weight excluding hydrogens is 232 g/mol. The molecule has 0 fully saturated rings. The molecule has 0 unspecified atom stereocenters. The van der Waals surface area contributed by atoms with Crippen LogP contribution in [0, 0.1) is 13.8 Å². The van der Waals surface area contributed by atoms with Crippen LogP contribution in [-0.2, 0) is 12.8 Å². The zero-order valence-electron chi connectivity index (χ0n) is 12.8. The van der Waals surface area contributed by atoms with Crippen molar-refractivity contribution in [1.82, 2.24) is 4.98 Å². The molecule has 0 aromatic carbocycles. The first-order valence-electron chi connectivity index (χ1n) is 7.13. The first-order valence-corrected chi connectivity index (χ1v) is 7.13. The fourth-order valence-electron chi connectivity index (χ4n) is 2.99. The van der Waals surface area contributed by atoms with Gasteiger partial charge in [-0.3, -0.25) is 4.99 Å². The van der Waals surface area contributed by atoms with E-state index in [1.54, 1.807) is 0 Å². The topological polar surface area (TPSA) is 28.1 Å². The molecule has 1 N–H and O–H groups in total. The molecule has 0 radical (unpaired) electrons. The summed E-state index contributed by atoms with van der Waals surface area (Å²) in [4.78, 5) is 8.19. The van der Waals surface area contributed by atoms with Crippen molar-refractivity contribution in [3.8, 4) is 0 Å². The molecule has 1 aliphatic heterocycles. The summed E-state index contributed by atoms with van der Waals surface area (Å²) in [5.41, 5.74) is 10.2. The zero-order valence-corrected chi connectivity index (χ0v) is 12.8. The van der Waals surface area contributed by atoms with Crippen molar-refractivity contribution in [2.45, 2.75) is 53.9 Å². The highest BCUT2D eigenvalue weighted by atomic mass is 14.8. The number of H-pyrrole nitrogens is 1. The summed E-state index contributed by atoms with van der Waals surface area (Å²) in [6.07, 6.45) is 2.98. The molecule has 2 nitrogen and oxygen atoms in total. The second-order valence-electron chi connectivity index (χ2n) is 5.32. The van der Waals surface area contributed by atoms with E-state index in [1.807, 2.05) is 0 Å². The Morgan fingerprint density at radius 3 is 2.32 bits per heavy atom. The molecule has 0 saturated heterocycles. The number of hydrogen-bond donors (Lipinski definition) is 1. The molecule has 0 aliphatic carbocycles. The number of rotatable bonds is 4. The lowest BCUT2D eigenvalue weighted by molar-refractivity contribution is 1.05. The van der Waals surface area contributed by atoms with Gasteiger partial charge in [-0.25, -0.2) is 0 Å². The van der Waals surface area contributed by atoms with Crippen molar-refractivity contribution >= 4 is 5.71 Å². The fraction of sp³-hybridized carbons (Fsp3) is 0.471. The lowest BCUT2D eigenvalue weighted by Gasteiger charge is -2.05. The Morgan fingerprint density at radius 1 is 1.11 bits per heavy atom. The van der Waals surface area contributed by atoms with Crippen LogP contribution in [0.5, 0.6) is 0 Å². The SMILES string of the molecule is C=C1N=C(Cc2[nH]c(C)c(C)c2CC)C(C)=C1CC. The third-order valence-corrected chi connectivity index (χ3v) is 4.27. The van der Waals surface area contributed by atoms with Crippen molar-refractivity contribution in [3.63, 3.8) is 0 Å². The van der Waals surface area contributed by atoms with Crippen LogP contribution in [0.15, 0.2) is 28.4 Å². The molecule has 19 heavy (non-hydrogen) atoms. The summed E-state index contributed by atoms with van der Waals surface area (Å²) in [6, 6.07) is 0. The number of allylic oxidation sites excluding steroid dienone is 2. The van der Waals surface area contributed by atoms with E-state index < -0.39 is 0 Å². The van der Waals surface area contributed by atoms with Crippen molar-refractivity contribution in [1.29, 1.82) is 0 Å². The molecule has 0 amide bonds. The smallest absolute Gasteiger partial charge is 0.0596 e. The number of hydrogen-bond acceptors (Lipinski definition) is 1. The highest BCUT2D eigenvalue weighted by Crippen LogP contribution is 2.29. The van der Waals surface area contributed by atoms with Crippen molar-refractivity contribution in [2.24, 2.45) is 4.99 Å². The van der Waals surface area contributed by atoms with Gasteiger partial charge in [0.2, 0.25) is 0 Å². The second kappa shape index (κ2) is 5.20. The Balaban J connectivity index is 2.34. The monoisotopic (exact) mass is 256 g/mol. The molecular formula is C17H24N2. The van der Waals surface area contributed by atoms with Crippen LogP contribution in [0.25, 0.3) is 0 Å². The minimum atomic E-state index is 0.895. The van der Waals surface area contributed by atoms with E-state index >= 15 is 0 Å². The predicted octanol–water partition coefficient (Wildman–Crippen LogP) is 4.43. The summed E-state index contributed by atoms with van der Waals surface area (Å²) in [7, 11) is 0. The molecule has 1 aromatic heterocycles. The van der Waals surface area contributed by atoms with Crippen molar-refractivity contribution in [2.75, 3.05) is 0 Å². The van der Waals surface area contributed by atoms with E-state index in [0.29, 0.717) is 0 Å². The largest absolute Gasteiger partial charge is 0.362 e. The lowest BCUT2D eigenvalue weighted by Crippen LogP contribution is -2.05. The maximum atomic E-state index is 4.66. The van der Waals surface area contributed by atoms with Gasteiger partial charge >= 0.3 is 0 Å². The lowest BCUT2D eigenvalue weighted by atomic mass is 9.99. The number of aromatic nitrogens is 1. The Hall–Kier alpha value is -1.57. The molecule has 0 spiro atoms. The van der Waals surface area contributed by atoms with Gasteiger partial charge in [0.25, 0.3) is 0 Å². The summed E-state index contributed by atoms with van der Waals surface area (Å²) < 4.78 is 0. The molecule has 0 saturated carbocycles. The van der Waals surface area contributed by atoms with Crippen LogP contribution in [-0.4, -0.2) is 10.7 Å². The Labute approximate surface area is 116 Å². The molecule has 2 rings (SSSR count). The predicted molar refractivity (Wildman–Crippen MR) is 82.9 cm³/mol.